The zero-order valence-electron chi connectivity index (χ0n) is 11.8. The highest BCUT2D eigenvalue weighted by atomic mass is 16.4. The lowest BCUT2D eigenvalue weighted by atomic mass is 9.81. The molecule has 0 aromatic rings. The molecule has 5 nitrogen and oxygen atoms in total. The Morgan fingerprint density at radius 3 is 2.68 bits per heavy atom. The Morgan fingerprint density at radius 1 is 1.47 bits per heavy atom. The zero-order chi connectivity index (χ0) is 14.0. The van der Waals surface area contributed by atoms with Gasteiger partial charge in [-0.15, -0.1) is 0 Å². The Hall–Kier alpha value is -1.10. The van der Waals surface area contributed by atoms with Gasteiger partial charge in [0, 0.05) is 19.1 Å². The lowest BCUT2D eigenvalue weighted by Gasteiger charge is -2.34. The number of rotatable bonds is 4. The van der Waals surface area contributed by atoms with E-state index in [1.807, 2.05) is 6.92 Å². The normalized spacial score (nSPS) is 34.7. The minimum Gasteiger partial charge on any atom is -0.481 e. The minimum absolute atomic E-state index is 0.163. The van der Waals surface area contributed by atoms with Crippen molar-refractivity contribution >= 4 is 11.9 Å². The van der Waals surface area contributed by atoms with Crippen molar-refractivity contribution in [3.63, 3.8) is 0 Å². The van der Waals surface area contributed by atoms with Crippen LogP contribution >= 0.6 is 0 Å². The van der Waals surface area contributed by atoms with E-state index in [-0.39, 0.29) is 17.4 Å². The summed E-state index contributed by atoms with van der Waals surface area (Å²) in [7, 11) is 0. The molecule has 108 valence electrons. The first-order valence-corrected chi connectivity index (χ1v) is 7.26. The summed E-state index contributed by atoms with van der Waals surface area (Å²) < 4.78 is 0. The van der Waals surface area contributed by atoms with Crippen molar-refractivity contribution in [1.82, 2.24) is 10.2 Å². The SMILES string of the molecule is CCCC1(C(=O)N2CCC(C(=O)O)C2C)CCNC1. The third-order valence-corrected chi connectivity index (χ3v) is 4.76. The molecule has 5 heteroatoms. The molecule has 0 aromatic carbocycles. The van der Waals surface area contributed by atoms with Gasteiger partial charge in [0.15, 0.2) is 0 Å². The molecule has 3 atom stereocenters. The molecule has 2 heterocycles. The van der Waals surface area contributed by atoms with Crippen LogP contribution in [0.5, 0.6) is 0 Å². The Labute approximate surface area is 114 Å². The molecule has 1 amide bonds. The number of likely N-dealkylation sites (tertiary alicyclic amines) is 1. The van der Waals surface area contributed by atoms with Crippen LogP contribution in [-0.2, 0) is 9.59 Å². The van der Waals surface area contributed by atoms with Gasteiger partial charge in [0.1, 0.15) is 0 Å². The largest absolute Gasteiger partial charge is 0.481 e. The van der Waals surface area contributed by atoms with Gasteiger partial charge in [0.2, 0.25) is 5.91 Å². The van der Waals surface area contributed by atoms with Crippen molar-refractivity contribution in [3.05, 3.63) is 0 Å². The monoisotopic (exact) mass is 268 g/mol. The quantitative estimate of drug-likeness (QED) is 0.800. The van der Waals surface area contributed by atoms with Gasteiger partial charge in [0.05, 0.1) is 11.3 Å². The molecule has 0 saturated carbocycles. The first-order chi connectivity index (χ1) is 9.02. The number of carbonyl (C=O) groups is 2. The number of nitrogens with one attached hydrogen (secondary N) is 1. The van der Waals surface area contributed by atoms with Crippen LogP contribution in [0.2, 0.25) is 0 Å². The predicted molar refractivity (Wildman–Crippen MR) is 71.7 cm³/mol. The Bertz CT molecular complexity index is 364. The fourth-order valence-corrected chi connectivity index (χ4v) is 3.59. The molecule has 2 aliphatic rings. The van der Waals surface area contributed by atoms with E-state index in [2.05, 4.69) is 12.2 Å². The van der Waals surface area contributed by atoms with Gasteiger partial charge < -0.3 is 15.3 Å². The fourth-order valence-electron chi connectivity index (χ4n) is 3.59. The highest BCUT2D eigenvalue weighted by Crippen LogP contribution is 2.37. The molecule has 19 heavy (non-hydrogen) atoms. The van der Waals surface area contributed by atoms with Gasteiger partial charge in [0.25, 0.3) is 0 Å². The summed E-state index contributed by atoms with van der Waals surface area (Å²) in [5.41, 5.74) is -0.295. The van der Waals surface area contributed by atoms with Crippen molar-refractivity contribution in [2.24, 2.45) is 11.3 Å². The van der Waals surface area contributed by atoms with Crippen LogP contribution in [0.15, 0.2) is 0 Å². The molecule has 0 radical (unpaired) electrons. The summed E-state index contributed by atoms with van der Waals surface area (Å²) in [6.45, 7) is 6.17. The maximum atomic E-state index is 12.8. The molecule has 0 spiro atoms. The second-order valence-electron chi connectivity index (χ2n) is 5.93. The third-order valence-electron chi connectivity index (χ3n) is 4.76. The Kier molecular flexibility index (Phi) is 4.13. The van der Waals surface area contributed by atoms with Crippen LogP contribution in [0.25, 0.3) is 0 Å². The average molecular weight is 268 g/mol. The first kappa shape index (κ1) is 14.3. The maximum absolute atomic E-state index is 12.8. The van der Waals surface area contributed by atoms with Crippen LogP contribution in [0, 0.1) is 11.3 Å². The molecular formula is C14H24N2O3. The molecule has 0 aliphatic carbocycles. The van der Waals surface area contributed by atoms with E-state index in [0.717, 1.165) is 32.4 Å². The lowest BCUT2D eigenvalue weighted by Crippen LogP contribution is -2.48. The predicted octanol–water partition coefficient (Wildman–Crippen LogP) is 1.09. The summed E-state index contributed by atoms with van der Waals surface area (Å²) in [6.07, 6.45) is 3.33. The number of hydrogen-bond donors (Lipinski definition) is 2. The fraction of sp³-hybridized carbons (Fsp3) is 0.857. The Balaban J connectivity index is 2.13. The van der Waals surface area contributed by atoms with Crippen molar-refractivity contribution < 1.29 is 14.7 Å². The standard InChI is InChI=1S/C14H24N2O3/c1-3-5-14(6-7-15-9-14)13(19)16-8-4-11(10(16)2)12(17)18/h10-11,15H,3-9H2,1-2H3,(H,17,18). The Morgan fingerprint density at radius 2 is 2.21 bits per heavy atom. The van der Waals surface area contributed by atoms with Gasteiger partial charge in [-0.2, -0.15) is 0 Å². The van der Waals surface area contributed by atoms with Crippen LogP contribution in [0.1, 0.15) is 39.5 Å². The molecule has 2 saturated heterocycles. The number of carboxylic acid groups (broad SMARTS) is 1. The van der Waals surface area contributed by atoms with Gasteiger partial charge in [-0.25, -0.2) is 0 Å². The van der Waals surface area contributed by atoms with Crippen molar-refractivity contribution in [2.45, 2.75) is 45.6 Å². The van der Waals surface area contributed by atoms with Crippen LogP contribution < -0.4 is 5.32 Å². The molecule has 2 aliphatic heterocycles. The average Bonchev–Trinajstić information content (AvgIpc) is 2.96. The van der Waals surface area contributed by atoms with Gasteiger partial charge in [-0.05, 0) is 32.7 Å². The first-order valence-electron chi connectivity index (χ1n) is 7.26. The summed E-state index contributed by atoms with van der Waals surface area (Å²) in [6, 6.07) is -0.181. The molecule has 0 bridgehead atoms. The van der Waals surface area contributed by atoms with Crippen LogP contribution in [0.4, 0.5) is 0 Å². The number of carboxylic acids is 1. The summed E-state index contributed by atoms with van der Waals surface area (Å²) in [5, 5.41) is 12.5. The smallest absolute Gasteiger partial charge is 0.308 e. The lowest BCUT2D eigenvalue weighted by molar-refractivity contribution is -0.145. The van der Waals surface area contributed by atoms with Crippen molar-refractivity contribution in [1.29, 1.82) is 0 Å². The van der Waals surface area contributed by atoms with Crippen LogP contribution in [0.3, 0.4) is 0 Å². The molecule has 2 rings (SSSR count). The zero-order valence-corrected chi connectivity index (χ0v) is 11.8. The topological polar surface area (TPSA) is 69.6 Å². The second-order valence-corrected chi connectivity index (χ2v) is 5.93. The van der Waals surface area contributed by atoms with E-state index < -0.39 is 11.9 Å². The molecule has 2 fully saturated rings. The maximum Gasteiger partial charge on any atom is 0.308 e. The molecule has 3 unspecified atom stereocenters. The van der Waals surface area contributed by atoms with Crippen molar-refractivity contribution in [3.8, 4) is 0 Å². The third kappa shape index (κ3) is 2.48. The van der Waals surface area contributed by atoms with E-state index in [1.165, 1.54) is 0 Å². The van der Waals surface area contributed by atoms with E-state index in [9.17, 15) is 9.59 Å². The molecule has 0 aromatic heterocycles. The molecule has 2 N–H and O–H groups in total. The van der Waals surface area contributed by atoms with E-state index >= 15 is 0 Å². The van der Waals surface area contributed by atoms with E-state index in [0.29, 0.717) is 13.0 Å². The second kappa shape index (κ2) is 5.49. The van der Waals surface area contributed by atoms with E-state index in [1.54, 1.807) is 4.90 Å². The summed E-state index contributed by atoms with van der Waals surface area (Å²) in [4.78, 5) is 25.8. The van der Waals surface area contributed by atoms with Gasteiger partial charge >= 0.3 is 5.97 Å². The highest BCUT2D eigenvalue weighted by Gasteiger charge is 2.47. The van der Waals surface area contributed by atoms with Crippen LogP contribution in [-0.4, -0.2) is 47.6 Å². The minimum atomic E-state index is -0.781. The van der Waals surface area contributed by atoms with Gasteiger partial charge in [-0.1, -0.05) is 13.3 Å². The number of carbonyl (C=O) groups excluding carboxylic acids is 1. The summed E-state index contributed by atoms with van der Waals surface area (Å²) >= 11 is 0. The van der Waals surface area contributed by atoms with Crippen molar-refractivity contribution in [2.75, 3.05) is 19.6 Å². The number of amides is 1. The van der Waals surface area contributed by atoms with Gasteiger partial charge in [-0.3, -0.25) is 9.59 Å². The molecular weight excluding hydrogens is 244 g/mol. The number of nitrogens with zero attached hydrogens (tertiary/aromatic N) is 1. The number of hydrogen-bond acceptors (Lipinski definition) is 3. The number of aliphatic carboxylic acids is 1. The summed E-state index contributed by atoms with van der Waals surface area (Å²) in [5.74, 6) is -1.02. The van der Waals surface area contributed by atoms with E-state index in [4.69, 9.17) is 5.11 Å². The highest BCUT2D eigenvalue weighted by molar-refractivity contribution is 5.85.